The lowest BCUT2D eigenvalue weighted by atomic mass is 10.3. The molecule has 0 bridgehead atoms. The van der Waals surface area contributed by atoms with Crippen LogP contribution in [0.1, 0.15) is 6.92 Å². The van der Waals surface area contributed by atoms with Crippen molar-refractivity contribution in [3.8, 4) is 11.5 Å². The third kappa shape index (κ3) is 2.10. The second-order valence-corrected chi connectivity index (χ2v) is 4.65. The molecule has 0 unspecified atom stereocenters. The van der Waals surface area contributed by atoms with E-state index in [9.17, 15) is 4.79 Å². The molecule has 4 nitrogen and oxygen atoms in total. The summed E-state index contributed by atoms with van der Waals surface area (Å²) in [5.41, 5.74) is 0.674. The zero-order valence-corrected chi connectivity index (χ0v) is 10.2. The first-order valence-corrected chi connectivity index (χ1v) is 5.62. The van der Waals surface area contributed by atoms with E-state index in [2.05, 4.69) is 4.98 Å². The highest BCUT2D eigenvalue weighted by molar-refractivity contribution is 7.22. The molecule has 84 valence electrons. The molecule has 0 radical (unpaired) electrons. The Morgan fingerprint density at radius 3 is 2.88 bits per heavy atom. The first-order valence-electron chi connectivity index (χ1n) is 4.42. The molecule has 0 aliphatic heterocycles. The number of rotatable bonds is 2. The Morgan fingerprint density at radius 2 is 2.25 bits per heavy atom. The zero-order chi connectivity index (χ0) is 11.7. The molecule has 0 spiro atoms. The molecular weight excluding hydrogens is 250 g/mol. The minimum atomic E-state index is -0.378. The Balaban J connectivity index is 2.57. The number of hydrogen-bond donors (Lipinski definition) is 0. The highest BCUT2D eigenvalue weighted by Gasteiger charge is 2.11. The van der Waals surface area contributed by atoms with E-state index in [1.54, 1.807) is 12.1 Å². The summed E-state index contributed by atoms with van der Waals surface area (Å²) in [6.45, 7) is 1.34. The Labute approximate surface area is 101 Å². The third-order valence-electron chi connectivity index (χ3n) is 1.89. The minimum Gasteiger partial charge on any atom is -0.494 e. The van der Waals surface area contributed by atoms with Gasteiger partial charge < -0.3 is 9.47 Å². The van der Waals surface area contributed by atoms with Gasteiger partial charge in [0.2, 0.25) is 0 Å². The zero-order valence-electron chi connectivity index (χ0n) is 8.61. The first-order chi connectivity index (χ1) is 7.60. The van der Waals surface area contributed by atoms with Crippen molar-refractivity contribution in [3.05, 3.63) is 16.6 Å². The van der Waals surface area contributed by atoms with Gasteiger partial charge in [-0.05, 0) is 0 Å². The quantitative estimate of drug-likeness (QED) is 0.613. The molecule has 16 heavy (non-hydrogen) atoms. The van der Waals surface area contributed by atoms with Crippen molar-refractivity contribution in [1.29, 1.82) is 0 Å². The Morgan fingerprint density at radius 1 is 1.50 bits per heavy atom. The summed E-state index contributed by atoms with van der Waals surface area (Å²) in [5, 5.41) is 0. The Bertz CT molecular complexity index is 552. The number of methoxy groups -OCH3 is 1. The van der Waals surface area contributed by atoms with Gasteiger partial charge in [0.05, 0.1) is 11.8 Å². The summed E-state index contributed by atoms with van der Waals surface area (Å²) in [6.07, 6.45) is 0. The van der Waals surface area contributed by atoms with E-state index in [4.69, 9.17) is 21.1 Å². The van der Waals surface area contributed by atoms with Crippen LogP contribution in [0, 0.1) is 0 Å². The van der Waals surface area contributed by atoms with Crippen LogP contribution in [0.5, 0.6) is 11.5 Å². The first kappa shape index (κ1) is 11.2. The van der Waals surface area contributed by atoms with Crippen molar-refractivity contribution in [2.24, 2.45) is 0 Å². The lowest BCUT2D eigenvalue weighted by Crippen LogP contribution is -2.01. The van der Waals surface area contributed by atoms with Crippen LogP contribution < -0.4 is 9.47 Å². The molecule has 0 saturated carbocycles. The van der Waals surface area contributed by atoms with Crippen molar-refractivity contribution < 1.29 is 14.3 Å². The van der Waals surface area contributed by atoms with Gasteiger partial charge in [-0.1, -0.05) is 11.6 Å². The highest BCUT2D eigenvalue weighted by atomic mass is 35.5. The molecule has 0 aliphatic carbocycles. The molecule has 0 fully saturated rings. The van der Waals surface area contributed by atoms with Crippen LogP contribution >= 0.6 is 22.9 Å². The van der Waals surface area contributed by atoms with Crippen molar-refractivity contribution in [2.45, 2.75) is 6.92 Å². The summed E-state index contributed by atoms with van der Waals surface area (Å²) in [4.78, 5) is 15.0. The van der Waals surface area contributed by atoms with E-state index in [0.717, 1.165) is 4.70 Å². The molecule has 1 aromatic heterocycles. The summed E-state index contributed by atoms with van der Waals surface area (Å²) < 4.78 is 11.4. The maximum absolute atomic E-state index is 10.9. The van der Waals surface area contributed by atoms with Crippen LogP contribution in [0.25, 0.3) is 10.2 Å². The monoisotopic (exact) mass is 257 g/mol. The van der Waals surface area contributed by atoms with E-state index in [-0.39, 0.29) is 5.97 Å². The smallest absolute Gasteiger partial charge is 0.308 e. The van der Waals surface area contributed by atoms with Crippen molar-refractivity contribution >= 4 is 39.1 Å². The molecule has 0 amide bonds. The number of esters is 1. The third-order valence-corrected chi connectivity index (χ3v) is 3.00. The van der Waals surface area contributed by atoms with Gasteiger partial charge in [-0.3, -0.25) is 4.79 Å². The van der Waals surface area contributed by atoms with E-state index in [0.29, 0.717) is 21.5 Å². The lowest BCUT2D eigenvalue weighted by molar-refractivity contribution is -0.131. The van der Waals surface area contributed by atoms with Crippen LogP contribution in [-0.2, 0) is 4.79 Å². The maximum Gasteiger partial charge on any atom is 0.308 e. The number of aromatic nitrogens is 1. The van der Waals surface area contributed by atoms with E-state index in [1.165, 1.54) is 25.4 Å². The van der Waals surface area contributed by atoms with Gasteiger partial charge in [0.15, 0.2) is 4.47 Å². The molecule has 0 aliphatic rings. The van der Waals surface area contributed by atoms with Crippen molar-refractivity contribution in [2.75, 3.05) is 7.11 Å². The van der Waals surface area contributed by atoms with Gasteiger partial charge in [0, 0.05) is 19.1 Å². The number of halogens is 1. The molecule has 2 rings (SSSR count). The van der Waals surface area contributed by atoms with E-state index < -0.39 is 0 Å². The van der Waals surface area contributed by atoms with Gasteiger partial charge >= 0.3 is 5.97 Å². The summed E-state index contributed by atoms with van der Waals surface area (Å²) in [5.74, 6) is 0.589. The number of thiazole rings is 1. The molecule has 6 heteroatoms. The summed E-state index contributed by atoms with van der Waals surface area (Å²) >= 11 is 7.12. The Kier molecular flexibility index (Phi) is 2.98. The molecule has 0 saturated heterocycles. The van der Waals surface area contributed by atoms with Crippen LogP contribution in [0.3, 0.4) is 0 Å². The fourth-order valence-corrected chi connectivity index (χ4v) is 2.40. The van der Waals surface area contributed by atoms with Gasteiger partial charge in [-0.25, -0.2) is 4.98 Å². The fraction of sp³-hybridized carbons (Fsp3) is 0.200. The number of ether oxygens (including phenoxy) is 2. The number of fused-ring (bicyclic) bond motifs is 1. The van der Waals surface area contributed by atoms with Gasteiger partial charge in [0.1, 0.15) is 17.0 Å². The number of hydrogen-bond acceptors (Lipinski definition) is 5. The standard InChI is InChI=1S/C10H8ClNO3S/c1-5(13)15-6-3-7(14-2)9-8(4-6)16-10(11)12-9/h3-4H,1-2H3. The number of carbonyl (C=O) groups is 1. The summed E-state index contributed by atoms with van der Waals surface area (Å²) in [6, 6.07) is 3.32. The van der Waals surface area contributed by atoms with Crippen LogP contribution in [0.4, 0.5) is 0 Å². The average molecular weight is 258 g/mol. The van der Waals surface area contributed by atoms with Crippen LogP contribution in [-0.4, -0.2) is 18.1 Å². The fourth-order valence-electron chi connectivity index (χ4n) is 1.33. The van der Waals surface area contributed by atoms with E-state index in [1.807, 2.05) is 0 Å². The topological polar surface area (TPSA) is 48.4 Å². The predicted molar refractivity (Wildman–Crippen MR) is 62.5 cm³/mol. The molecule has 2 aromatic rings. The minimum absolute atomic E-state index is 0.378. The second-order valence-electron chi connectivity index (χ2n) is 3.03. The lowest BCUT2D eigenvalue weighted by Gasteiger charge is -2.04. The number of benzene rings is 1. The predicted octanol–water partition coefficient (Wildman–Crippen LogP) is 2.88. The van der Waals surface area contributed by atoms with Gasteiger partial charge in [-0.15, -0.1) is 11.3 Å². The SMILES string of the molecule is COc1cc(OC(C)=O)cc2sc(Cl)nc12. The molecule has 0 atom stereocenters. The average Bonchev–Trinajstić information content (AvgIpc) is 2.56. The second kappa shape index (κ2) is 4.27. The summed E-state index contributed by atoms with van der Waals surface area (Å²) in [7, 11) is 1.53. The van der Waals surface area contributed by atoms with Crippen molar-refractivity contribution in [1.82, 2.24) is 4.98 Å². The highest BCUT2D eigenvalue weighted by Crippen LogP contribution is 2.35. The molecule has 1 aromatic carbocycles. The maximum atomic E-state index is 10.9. The van der Waals surface area contributed by atoms with Gasteiger partial charge in [0.25, 0.3) is 0 Å². The molecule has 1 heterocycles. The largest absolute Gasteiger partial charge is 0.494 e. The number of carbonyl (C=O) groups excluding carboxylic acids is 1. The molecular formula is C10H8ClNO3S. The van der Waals surface area contributed by atoms with Crippen LogP contribution in [0.15, 0.2) is 12.1 Å². The van der Waals surface area contributed by atoms with Gasteiger partial charge in [-0.2, -0.15) is 0 Å². The normalized spacial score (nSPS) is 10.4. The van der Waals surface area contributed by atoms with E-state index >= 15 is 0 Å². The van der Waals surface area contributed by atoms with Crippen LogP contribution in [0.2, 0.25) is 4.47 Å². The molecule has 0 N–H and O–H groups in total. The number of nitrogens with zero attached hydrogens (tertiary/aromatic N) is 1. The Hall–Kier alpha value is -1.33. The van der Waals surface area contributed by atoms with Crippen molar-refractivity contribution in [3.63, 3.8) is 0 Å².